The third-order valence-electron chi connectivity index (χ3n) is 1.71. The molecule has 2 aromatic rings. The highest BCUT2D eigenvalue weighted by molar-refractivity contribution is 8.15. The minimum absolute atomic E-state index is 0.209. The Morgan fingerprint density at radius 3 is 2.25 bits per heavy atom. The average Bonchev–Trinajstić information content (AvgIpc) is 2.67. The second-order valence-electron chi connectivity index (χ2n) is 2.82. The van der Waals surface area contributed by atoms with Crippen molar-refractivity contribution in [3.05, 3.63) is 29.3 Å². The summed E-state index contributed by atoms with van der Waals surface area (Å²) in [6.45, 7) is 0. The zero-order valence-electron chi connectivity index (χ0n) is 7.59. The van der Waals surface area contributed by atoms with Gasteiger partial charge in [-0.15, -0.1) is 10.2 Å². The van der Waals surface area contributed by atoms with Crippen LogP contribution < -0.4 is 0 Å². The van der Waals surface area contributed by atoms with Crippen molar-refractivity contribution in [2.75, 3.05) is 0 Å². The third kappa shape index (κ3) is 2.52. The second-order valence-corrected chi connectivity index (χ2v) is 6.97. The summed E-state index contributed by atoms with van der Waals surface area (Å²) in [5.74, 6) is 0. The fourth-order valence-corrected chi connectivity index (χ4v) is 2.88. The maximum absolute atomic E-state index is 11.0. The SMILES string of the molecule is O=S(=O)(Cl)c1nnc(-c2ccc(Cl)cc2)s1. The maximum atomic E-state index is 11.0. The van der Waals surface area contributed by atoms with E-state index in [1.54, 1.807) is 24.3 Å². The van der Waals surface area contributed by atoms with Crippen LogP contribution in [0.5, 0.6) is 0 Å². The first-order valence-electron chi connectivity index (χ1n) is 4.01. The van der Waals surface area contributed by atoms with Crippen LogP contribution in [0.3, 0.4) is 0 Å². The van der Waals surface area contributed by atoms with Crippen molar-refractivity contribution in [1.29, 1.82) is 0 Å². The number of hydrogen-bond donors (Lipinski definition) is 0. The molecule has 0 N–H and O–H groups in total. The number of benzene rings is 1. The van der Waals surface area contributed by atoms with Crippen molar-refractivity contribution < 1.29 is 8.42 Å². The lowest BCUT2D eigenvalue weighted by atomic mass is 10.2. The molecule has 8 heteroatoms. The van der Waals surface area contributed by atoms with E-state index in [2.05, 4.69) is 10.2 Å². The molecule has 0 radical (unpaired) electrons. The minimum Gasteiger partial charge on any atom is -0.204 e. The topological polar surface area (TPSA) is 59.9 Å². The lowest BCUT2D eigenvalue weighted by Gasteiger charge is -1.93. The van der Waals surface area contributed by atoms with Crippen molar-refractivity contribution in [2.45, 2.75) is 4.34 Å². The Labute approximate surface area is 105 Å². The number of nitrogens with zero attached hydrogens (tertiary/aromatic N) is 2. The van der Waals surface area contributed by atoms with E-state index in [0.717, 1.165) is 16.9 Å². The predicted molar refractivity (Wildman–Crippen MR) is 63.4 cm³/mol. The molecule has 0 saturated carbocycles. The summed E-state index contributed by atoms with van der Waals surface area (Å²) in [7, 11) is 1.34. The second kappa shape index (κ2) is 4.29. The van der Waals surface area contributed by atoms with Crippen LogP contribution >= 0.6 is 33.6 Å². The number of rotatable bonds is 2. The minimum atomic E-state index is -3.81. The van der Waals surface area contributed by atoms with Gasteiger partial charge in [-0.2, -0.15) is 0 Å². The first-order valence-corrected chi connectivity index (χ1v) is 7.51. The van der Waals surface area contributed by atoms with Crippen molar-refractivity contribution in [3.63, 3.8) is 0 Å². The molecule has 0 spiro atoms. The molecule has 1 heterocycles. The first-order chi connectivity index (χ1) is 7.47. The molecular formula is C8H4Cl2N2O2S2. The zero-order chi connectivity index (χ0) is 11.8. The summed E-state index contributed by atoms with van der Waals surface area (Å²) in [5, 5.41) is 8.32. The number of halogens is 2. The van der Waals surface area contributed by atoms with Gasteiger partial charge < -0.3 is 0 Å². The van der Waals surface area contributed by atoms with Crippen molar-refractivity contribution in [1.82, 2.24) is 10.2 Å². The van der Waals surface area contributed by atoms with E-state index in [0.29, 0.717) is 10.0 Å². The summed E-state index contributed by atoms with van der Waals surface area (Å²) in [4.78, 5) is 0. The van der Waals surface area contributed by atoms with Crippen LogP contribution in [0.2, 0.25) is 5.02 Å². The van der Waals surface area contributed by atoms with Gasteiger partial charge in [0.15, 0.2) is 0 Å². The normalized spacial score (nSPS) is 11.6. The number of hydrogen-bond acceptors (Lipinski definition) is 5. The third-order valence-corrected chi connectivity index (χ3v) is 4.85. The van der Waals surface area contributed by atoms with Gasteiger partial charge in [0.25, 0.3) is 9.05 Å². The summed E-state index contributed by atoms with van der Waals surface area (Å²) in [6.07, 6.45) is 0. The van der Waals surface area contributed by atoms with E-state index in [9.17, 15) is 8.42 Å². The Morgan fingerprint density at radius 1 is 1.12 bits per heavy atom. The Bertz CT molecular complexity index is 607. The lowest BCUT2D eigenvalue weighted by Crippen LogP contribution is -1.87. The average molecular weight is 295 g/mol. The molecule has 1 aromatic carbocycles. The molecule has 1 aromatic heterocycles. The zero-order valence-corrected chi connectivity index (χ0v) is 10.7. The highest BCUT2D eigenvalue weighted by Gasteiger charge is 2.17. The molecule has 84 valence electrons. The van der Waals surface area contributed by atoms with Crippen LogP contribution in [0.15, 0.2) is 28.6 Å². The molecule has 0 amide bonds. The lowest BCUT2D eigenvalue weighted by molar-refractivity contribution is 0.607. The van der Waals surface area contributed by atoms with Crippen LogP contribution in [0, 0.1) is 0 Å². The molecule has 0 aliphatic heterocycles. The maximum Gasteiger partial charge on any atom is 0.290 e. The van der Waals surface area contributed by atoms with Gasteiger partial charge in [0, 0.05) is 21.3 Å². The van der Waals surface area contributed by atoms with Crippen molar-refractivity contribution >= 4 is 42.7 Å². The molecule has 0 bridgehead atoms. The Balaban J connectivity index is 2.43. The molecule has 16 heavy (non-hydrogen) atoms. The van der Waals surface area contributed by atoms with E-state index in [4.69, 9.17) is 22.3 Å². The standard InChI is InChI=1S/C8H4Cl2N2O2S2/c9-6-3-1-5(2-4-6)7-11-12-8(15-7)16(10,13)14/h1-4H. The number of aromatic nitrogens is 2. The molecule has 0 unspecified atom stereocenters. The predicted octanol–water partition coefficient (Wildman–Crippen LogP) is 2.79. The monoisotopic (exact) mass is 294 g/mol. The van der Waals surface area contributed by atoms with Gasteiger partial charge in [-0.1, -0.05) is 35.1 Å². The van der Waals surface area contributed by atoms with Crippen LogP contribution in [0.1, 0.15) is 0 Å². The van der Waals surface area contributed by atoms with Crippen LogP contribution in [0.4, 0.5) is 0 Å². The fourth-order valence-electron chi connectivity index (χ4n) is 1.02. The fraction of sp³-hybridized carbons (Fsp3) is 0. The van der Waals surface area contributed by atoms with Gasteiger partial charge in [-0.05, 0) is 12.1 Å². The van der Waals surface area contributed by atoms with Crippen LogP contribution in [-0.4, -0.2) is 18.6 Å². The van der Waals surface area contributed by atoms with E-state index >= 15 is 0 Å². The Morgan fingerprint density at radius 2 is 1.75 bits per heavy atom. The molecule has 0 atom stereocenters. The van der Waals surface area contributed by atoms with E-state index in [1.807, 2.05) is 0 Å². The van der Waals surface area contributed by atoms with Gasteiger partial charge >= 0.3 is 0 Å². The largest absolute Gasteiger partial charge is 0.290 e. The van der Waals surface area contributed by atoms with E-state index in [1.165, 1.54) is 0 Å². The van der Waals surface area contributed by atoms with Crippen LogP contribution in [-0.2, 0) is 9.05 Å². The molecule has 4 nitrogen and oxygen atoms in total. The van der Waals surface area contributed by atoms with Gasteiger partial charge in [0.2, 0.25) is 4.34 Å². The molecule has 0 fully saturated rings. The Kier molecular flexibility index (Phi) is 3.16. The smallest absolute Gasteiger partial charge is 0.204 e. The molecular weight excluding hydrogens is 291 g/mol. The summed E-state index contributed by atoms with van der Waals surface area (Å²) >= 11 is 6.64. The van der Waals surface area contributed by atoms with Crippen molar-refractivity contribution in [2.24, 2.45) is 0 Å². The van der Waals surface area contributed by atoms with Gasteiger partial charge in [0.1, 0.15) is 5.01 Å². The first kappa shape index (κ1) is 11.8. The summed E-state index contributed by atoms with van der Waals surface area (Å²) < 4.78 is 21.8. The highest BCUT2D eigenvalue weighted by atomic mass is 35.7. The quantitative estimate of drug-likeness (QED) is 0.799. The van der Waals surface area contributed by atoms with E-state index in [-0.39, 0.29) is 4.34 Å². The van der Waals surface area contributed by atoms with Gasteiger partial charge in [-0.3, -0.25) is 0 Å². The van der Waals surface area contributed by atoms with E-state index < -0.39 is 9.05 Å². The Hall–Kier alpha value is -0.690. The van der Waals surface area contributed by atoms with Gasteiger partial charge in [-0.25, -0.2) is 8.42 Å². The van der Waals surface area contributed by atoms with Crippen molar-refractivity contribution in [3.8, 4) is 10.6 Å². The molecule has 2 rings (SSSR count). The van der Waals surface area contributed by atoms with Gasteiger partial charge in [0.05, 0.1) is 0 Å². The highest BCUT2D eigenvalue weighted by Crippen LogP contribution is 2.28. The molecule has 0 saturated heterocycles. The summed E-state index contributed by atoms with van der Waals surface area (Å²) in [5.41, 5.74) is 0.744. The molecule has 0 aliphatic carbocycles. The van der Waals surface area contributed by atoms with Crippen LogP contribution in [0.25, 0.3) is 10.6 Å². The molecule has 0 aliphatic rings. The summed E-state index contributed by atoms with van der Waals surface area (Å²) in [6, 6.07) is 6.83.